The van der Waals surface area contributed by atoms with Crippen molar-refractivity contribution in [2.24, 2.45) is 0 Å². The van der Waals surface area contributed by atoms with E-state index in [4.69, 9.17) is 4.43 Å². The number of thioether (sulfide) groups is 1. The van der Waals surface area contributed by atoms with E-state index in [1.807, 2.05) is 0 Å². The van der Waals surface area contributed by atoms with Crippen molar-refractivity contribution in [2.45, 2.75) is 116 Å². The predicted molar refractivity (Wildman–Crippen MR) is 119 cm³/mol. The number of alkyl halides is 3. The van der Waals surface area contributed by atoms with Crippen LogP contribution in [0.1, 0.15) is 73.6 Å². The molecule has 2 nitrogen and oxygen atoms in total. The molecule has 1 aliphatic heterocycles. The minimum atomic E-state index is -4.02. The van der Waals surface area contributed by atoms with Crippen molar-refractivity contribution in [1.29, 1.82) is 0 Å². The van der Waals surface area contributed by atoms with E-state index >= 15 is 0 Å². The molecule has 0 spiro atoms. The van der Waals surface area contributed by atoms with Gasteiger partial charge in [0.2, 0.25) is 0 Å². The van der Waals surface area contributed by atoms with Gasteiger partial charge in [-0.1, -0.05) is 20.8 Å². The Balaban J connectivity index is 2.48. The molecule has 1 aliphatic rings. The first-order valence-electron chi connectivity index (χ1n) is 10.6. The molecule has 1 heterocycles. The third kappa shape index (κ3) is 8.96. The monoisotopic (exact) mass is 441 g/mol. The summed E-state index contributed by atoms with van der Waals surface area (Å²) < 4.78 is 43.3. The molecule has 0 N–H and O–H groups in total. The van der Waals surface area contributed by atoms with E-state index in [0.717, 1.165) is 31.6 Å². The minimum absolute atomic E-state index is 0.107. The van der Waals surface area contributed by atoms with Crippen molar-refractivity contribution in [2.75, 3.05) is 18.1 Å². The summed E-state index contributed by atoms with van der Waals surface area (Å²) >= 11 is 1.66. The Morgan fingerprint density at radius 3 is 2.07 bits per heavy atom. The zero-order valence-electron chi connectivity index (χ0n) is 19.2. The quantitative estimate of drug-likeness (QED) is 0.279. The molecule has 168 valence electrons. The van der Waals surface area contributed by atoms with Gasteiger partial charge < -0.3 is 4.43 Å². The molecular weight excluding hydrogens is 399 g/mol. The van der Waals surface area contributed by atoms with Gasteiger partial charge in [-0.3, -0.25) is 4.90 Å². The molecule has 0 radical (unpaired) electrons. The average Bonchev–Trinajstić information content (AvgIpc) is 2.86. The summed E-state index contributed by atoms with van der Waals surface area (Å²) in [7, 11) is -1.78. The molecule has 28 heavy (non-hydrogen) atoms. The zero-order chi connectivity index (χ0) is 21.8. The Kier molecular flexibility index (Phi) is 9.45. The molecule has 0 saturated carbocycles. The first-order chi connectivity index (χ1) is 12.5. The van der Waals surface area contributed by atoms with Gasteiger partial charge in [0.25, 0.3) is 0 Å². The maximum absolute atomic E-state index is 12.2. The minimum Gasteiger partial charge on any atom is -0.413 e. The third-order valence-electron chi connectivity index (χ3n) is 6.08. The Labute approximate surface area is 176 Å². The molecule has 0 aromatic rings. The summed E-state index contributed by atoms with van der Waals surface area (Å²) in [4.78, 5) is 2.58. The summed E-state index contributed by atoms with van der Waals surface area (Å²) in [5, 5.41) is 0.213. The third-order valence-corrected chi connectivity index (χ3v) is 11.8. The van der Waals surface area contributed by atoms with Gasteiger partial charge in [-0.25, -0.2) is 0 Å². The standard InChI is InChI=1S/C21H42F3NOSSi/c1-19(2,3)25-16-18(26-28(7,8)20(4,5)6)15-17(25)11-9-13-27-14-10-12-21(22,23)24/h17-18H,9-16H2,1-8H3/t17-,18-/m1/s1. The van der Waals surface area contributed by atoms with E-state index in [1.165, 1.54) is 0 Å². The van der Waals surface area contributed by atoms with Crippen LogP contribution in [0.2, 0.25) is 18.1 Å². The van der Waals surface area contributed by atoms with Crippen molar-refractivity contribution in [3.05, 3.63) is 0 Å². The number of rotatable bonds is 9. The fourth-order valence-electron chi connectivity index (χ4n) is 3.55. The SMILES string of the molecule is CC(C)(C)N1C[C@H](O[Si](C)(C)C(C)(C)C)C[C@H]1CCCSCCCC(F)(F)F. The van der Waals surface area contributed by atoms with E-state index in [-0.39, 0.29) is 17.0 Å². The fraction of sp³-hybridized carbons (Fsp3) is 1.00. The van der Waals surface area contributed by atoms with Gasteiger partial charge in [-0.05, 0) is 76.1 Å². The molecule has 0 aliphatic carbocycles. The second-order valence-corrected chi connectivity index (χ2v) is 16.7. The van der Waals surface area contributed by atoms with Crippen LogP contribution in [0.3, 0.4) is 0 Å². The van der Waals surface area contributed by atoms with Crippen molar-refractivity contribution in [3.63, 3.8) is 0 Å². The first kappa shape index (κ1) is 26.3. The summed E-state index contributed by atoms with van der Waals surface area (Å²) in [5.41, 5.74) is 0.107. The molecule has 0 unspecified atom stereocenters. The predicted octanol–water partition coefficient (Wildman–Crippen LogP) is 7.11. The number of hydrogen-bond acceptors (Lipinski definition) is 3. The zero-order valence-corrected chi connectivity index (χ0v) is 21.0. The van der Waals surface area contributed by atoms with Crippen molar-refractivity contribution in [3.8, 4) is 0 Å². The Hall–Kier alpha value is 0.277. The van der Waals surface area contributed by atoms with Gasteiger partial charge in [-0.2, -0.15) is 24.9 Å². The highest BCUT2D eigenvalue weighted by atomic mass is 32.2. The van der Waals surface area contributed by atoms with Gasteiger partial charge >= 0.3 is 6.18 Å². The van der Waals surface area contributed by atoms with Gasteiger partial charge in [0, 0.05) is 24.5 Å². The Morgan fingerprint density at radius 2 is 1.57 bits per heavy atom. The van der Waals surface area contributed by atoms with Gasteiger partial charge in [-0.15, -0.1) is 0 Å². The second kappa shape index (κ2) is 10.1. The Bertz CT molecular complexity index is 472. The lowest BCUT2D eigenvalue weighted by Gasteiger charge is -2.39. The maximum Gasteiger partial charge on any atom is 0.389 e. The van der Waals surface area contributed by atoms with E-state index in [1.54, 1.807) is 11.8 Å². The normalized spacial score (nSPS) is 22.8. The highest BCUT2D eigenvalue weighted by molar-refractivity contribution is 7.99. The van der Waals surface area contributed by atoms with Gasteiger partial charge in [0.1, 0.15) is 0 Å². The lowest BCUT2D eigenvalue weighted by Crippen LogP contribution is -2.47. The summed E-state index contributed by atoms with van der Waals surface area (Å²) in [6.07, 6.45) is -0.924. The van der Waals surface area contributed by atoms with Crippen LogP contribution in [0.4, 0.5) is 13.2 Å². The summed E-state index contributed by atoms with van der Waals surface area (Å²) in [5.74, 6) is 1.55. The number of nitrogens with zero attached hydrogens (tertiary/aromatic N) is 1. The number of likely N-dealkylation sites (tertiary alicyclic amines) is 1. The van der Waals surface area contributed by atoms with Crippen molar-refractivity contribution >= 4 is 20.1 Å². The highest BCUT2D eigenvalue weighted by Crippen LogP contribution is 2.40. The molecule has 7 heteroatoms. The molecule has 1 rings (SSSR count). The van der Waals surface area contributed by atoms with Crippen LogP contribution < -0.4 is 0 Å². The first-order valence-corrected chi connectivity index (χ1v) is 14.7. The molecule has 0 bridgehead atoms. The fourth-order valence-corrected chi connectivity index (χ4v) is 5.83. The van der Waals surface area contributed by atoms with Crippen LogP contribution in [0.5, 0.6) is 0 Å². The maximum atomic E-state index is 12.2. The average molecular weight is 442 g/mol. The van der Waals surface area contributed by atoms with Crippen LogP contribution in [-0.2, 0) is 4.43 Å². The molecular formula is C21H42F3NOSSi. The van der Waals surface area contributed by atoms with Gasteiger partial charge in [0.05, 0.1) is 6.10 Å². The Morgan fingerprint density at radius 1 is 1.00 bits per heavy atom. The van der Waals surface area contributed by atoms with Crippen LogP contribution in [0.25, 0.3) is 0 Å². The molecule has 1 fully saturated rings. The van der Waals surface area contributed by atoms with Crippen molar-refractivity contribution in [1.82, 2.24) is 4.90 Å². The second-order valence-electron chi connectivity index (χ2n) is 10.7. The van der Waals surface area contributed by atoms with Gasteiger partial charge in [0.15, 0.2) is 8.32 Å². The van der Waals surface area contributed by atoms with E-state index in [2.05, 4.69) is 59.5 Å². The molecule has 0 aromatic heterocycles. The van der Waals surface area contributed by atoms with Crippen molar-refractivity contribution < 1.29 is 17.6 Å². The molecule has 0 aromatic carbocycles. The summed E-state index contributed by atoms with van der Waals surface area (Å²) in [6, 6.07) is 0.505. The topological polar surface area (TPSA) is 12.5 Å². The molecule has 2 atom stereocenters. The van der Waals surface area contributed by atoms with E-state index in [9.17, 15) is 13.2 Å². The smallest absolute Gasteiger partial charge is 0.389 e. The van der Waals surface area contributed by atoms with Crippen LogP contribution >= 0.6 is 11.8 Å². The van der Waals surface area contributed by atoms with Crippen LogP contribution in [0, 0.1) is 0 Å². The summed E-state index contributed by atoms with van der Waals surface area (Å²) in [6.45, 7) is 19.3. The highest BCUT2D eigenvalue weighted by Gasteiger charge is 2.44. The lowest BCUT2D eigenvalue weighted by molar-refractivity contribution is -0.134. The largest absolute Gasteiger partial charge is 0.413 e. The van der Waals surface area contributed by atoms with E-state index in [0.29, 0.717) is 17.9 Å². The number of halogens is 3. The number of hydrogen-bond donors (Lipinski definition) is 0. The lowest BCUT2D eigenvalue weighted by atomic mass is 10.0. The molecule has 0 amide bonds. The van der Waals surface area contributed by atoms with E-state index < -0.39 is 20.9 Å². The van der Waals surface area contributed by atoms with Crippen LogP contribution in [-0.4, -0.2) is 55.1 Å². The molecule has 1 saturated heterocycles. The van der Waals surface area contributed by atoms with Crippen LogP contribution in [0.15, 0.2) is 0 Å².